The Bertz CT molecular complexity index is 841. The average Bonchev–Trinajstić information content (AvgIpc) is 2.71. The molecule has 2 atom stereocenters. The van der Waals surface area contributed by atoms with Crippen LogP contribution in [0.15, 0.2) is 29.3 Å². The van der Waals surface area contributed by atoms with E-state index in [4.69, 9.17) is 10.2 Å². The summed E-state index contributed by atoms with van der Waals surface area (Å²) < 4.78 is 0. The van der Waals surface area contributed by atoms with Gasteiger partial charge in [-0.25, -0.2) is 14.4 Å². The maximum Gasteiger partial charge on any atom is 0.326 e. The molecule has 0 heterocycles. The van der Waals surface area contributed by atoms with Gasteiger partial charge in [0.25, 0.3) is 0 Å². The van der Waals surface area contributed by atoms with Gasteiger partial charge in [0.1, 0.15) is 12.1 Å². The molecule has 0 unspecified atom stereocenters. The Kier molecular flexibility index (Phi) is 10.9. The molecule has 6 N–H and O–H groups in total. The molecule has 174 valence electrons. The van der Waals surface area contributed by atoms with Gasteiger partial charge in [0.15, 0.2) is 0 Å². The lowest BCUT2D eigenvalue weighted by atomic mass is 10.1. The topological polar surface area (TPSA) is 194 Å². The number of aliphatic imine (C=N–C) groups is 1. The zero-order valence-corrected chi connectivity index (χ0v) is 17.2. The third kappa shape index (κ3) is 10.2. The fraction of sp³-hybridized carbons (Fsp3) is 0.400. The monoisotopic (exact) mass is 450 g/mol. The SMILES string of the molecule is C=NCCCC(=O)Nc1ccc(C[C@H](NC(=O)N[C@@H](CCC(=O)O)C(=O)O)C(=O)O)cc1. The Morgan fingerprint density at radius 3 is 2.03 bits per heavy atom. The van der Waals surface area contributed by atoms with Gasteiger partial charge in [0, 0.05) is 31.5 Å². The summed E-state index contributed by atoms with van der Waals surface area (Å²) >= 11 is 0. The van der Waals surface area contributed by atoms with Crippen LogP contribution in [0.1, 0.15) is 31.2 Å². The van der Waals surface area contributed by atoms with Crippen molar-refractivity contribution in [2.75, 3.05) is 11.9 Å². The smallest absolute Gasteiger partial charge is 0.326 e. The van der Waals surface area contributed by atoms with E-state index in [-0.39, 0.29) is 25.2 Å². The van der Waals surface area contributed by atoms with Crippen molar-refractivity contribution in [2.45, 2.75) is 44.2 Å². The van der Waals surface area contributed by atoms with Crippen LogP contribution < -0.4 is 16.0 Å². The Labute approximate surface area is 183 Å². The molecule has 1 aromatic rings. The largest absolute Gasteiger partial charge is 0.481 e. The zero-order valence-electron chi connectivity index (χ0n) is 17.2. The number of anilines is 1. The molecule has 32 heavy (non-hydrogen) atoms. The van der Waals surface area contributed by atoms with Crippen molar-refractivity contribution >= 4 is 42.3 Å². The third-order valence-corrected chi connectivity index (χ3v) is 4.25. The number of nitrogens with one attached hydrogen (secondary N) is 3. The summed E-state index contributed by atoms with van der Waals surface area (Å²) in [6.07, 6.45) is -0.0826. The highest BCUT2D eigenvalue weighted by Crippen LogP contribution is 2.12. The molecule has 1 aromatic carbocycles. The van der Waals surface area contributed by atoms with Crippen molar-refractivity contribution in [3.05, 3.63) is 29.8 Å². The van der Waals surface area contributed by atoms with Crippen molar-refractivity contribution < 1.29 is 39.3 Å². The van der Waals surface area contributed by atoms with E-state index in [2.05, 4.69) is 27.7 Å². The lowest BCUT2D eigenvalue weighted by molar-refractivity contribution is -0.140. The van der Waals surface area contributed by atoms with Gasteiger partial charge >= 0.3 is 23.9 Å². The number of hydrogen-bond acceptors (Lipinski definition) is 6. The minimum absolute atomic E-state index is 0.102. The number of nitrogens with zero attached hydrogens (tertiary/aromatic N) is 1. The lowest BCUT2D eigenvalue weighted by Gasteiger charge is -2.18. The summed E-state index contributed by atoms with van der Waals surface area (Å²) in [6.45, 7) is 3.82. The summed E-state index contributed by atoms with van der Waals surface area (Å²) in [5.74, 6) is -4.20. The Morgan fingerprint density at radius 1 is 0.906 bits per heavy atom. The predicted molar refractivity (Wildman–Crippen MR) is 114 cm³/mol. The number of aliphatic carboxylic acids is 3. The summed E-state index contributed by atoms with van der Waals surface area (Å²) in [6, 6.07) is 2.45. The van der Waals surface area contributed by atoms with Crippen LogP contribution >= 0.6 is 0 Å². The first-order valence-corrected chi connectivity index (χ1v) is 9.68. The van der Waals surface area contributed by atoms with E-state index >= 15 is 0 Å². The normalized spacial score (nSPS) is 12.1. The summed E-state index contributed by atoms with van der Waals surface area (Å²) in [7, 11) is 0. The third-order valence-electron chi connectivity index (χ3n) is 4.25. The number of amides is 3. The van der Waals surface area contributed by atoms with E-state index < -0.39 is 42.4 Å². The number of rotatable bonds is 14. The van der Waals surface area contributed by atoms with Crippen LogP contribution in [0.2, 0.25) is 0 Å². The number of urea groups is 1. The molecule has 0 spiro atoms. The fourth-order valence-corrected chi connectivity index (χ4v) is 2.62. The maximum atomic E-state index is 12.0. The van der Waals surface area contributed by atoms with E-state index in [1.54, 1.807) is 24.3 Å². The molecular weight excluding hydrogens is 424 g/mol. The molecule has 3 amide bonds. The highest BCUT2D eigenvalue weighted by molar-refractivity contribution is 5.90. The van der Waals surface area contributed by atoms with E-state index in [1.807, 2.05) is 0 Å². The van der Waals surface area contributed by atoms with Crippen LogP contribution in [0.25, 0.3) is 0 Å². The minimum Gasteiger partial charge on any atom is -0.481 e. The molecule has 12 heteroatoms. The second-order valence-electron chi connectivity index (χ2n) is 6.83. The minimum atomic E-state index is -1.48. The van der Waals surface area contributed by atoms with Crippen LogP contribution in [0.5, 0.6) is 0 Å². The van der Waals surface area contributed by atoms with Gasteiger partial charge in [-0.05, 0) is 37.3 Å². The molecule has 0 radical (unpaired) electrons. The van der Waals surface area contributed by atoms with Gasteiger partial charge in [0.2, 0.25) is 5.91 Å². The van der Waals surface area contributed by atoms with Gasteiger partial charge in [-0.2, -0.15) is 0 Å². The van der Waals surface area contributed by atoms with Crippen molar-refractivity contribution in [2.24, 2.45) is 4.99 Å². The Hall–Kier alpha value is -3.96. The molecule has 0 aliphatic heterocycles. The van der Waals surface area contributed by atoms with Crippen LogP contribution in [-0.2, 0) is 25.6 Å². The summed E-state index contributed by atoms with van der Waals surface area (Å²) in [5.41, 5.74) is 1.07. The second-order valence-corrected chi connectivity index (χ2v) is 6.83. The van der Waals surface area contributed by atoms with Crippen molar-refractivity contribution in [3.8, 4) is 0 Å². The molecule has 12 nitrogen and oxygen atoms in total. The summed E-state index contributed by atoms with van der Waals surface area (Å²) in [4.78, 5) is 60.8. The second kappa shape index (κ2) is 13.4. The highest BCUT2D eigenvalue weighted by Gasteiger charge is 2.25. The van der Waals surface area contributed by atoms with Crippen molar-refractivity contribution in [3.63, 3.8) is 0 Å². The Morgan fingerprint density at radius 2 is 1.50 bits per heavy atom. The number of carboxylic acids is 3. The average molecular weight is 450 g/mol. The van der Waals surface area contributed by atoms with Gasteiger partial charge in [-0.1, -0.05) is 12.1 Å². The lowest BCUT2D eigenvalue weighted by Crippen LogP contribution is -2.51. The first-order valence-electron chi connectivity index (χ1n) is 9.68. The van der Waals surface area contributed by atoms with Gasteiger partial charge in [-0.15, -0.1) is 0 Å². The van der Waals surface area contributed by atoms with Crippen LogP contribution in [0.4, 0.5) is 10.5 Å². The fourth-order valence-electron chi connectivity index (χ4n) is 2.62. The number of benzene rings is 1. The van der Waals surface area contributed by atoms with E-state index in [0.717, 1.165) is 0 Å². The predicted octanol–water partition coefficient (Wildman–Crippen LogP) is 0.719. The molecule has 0 fully saturated rings. The van der Waals surface area contributed by atoms with Gasteiger partial charge in [-0.3, -0.25) is 9.59 Å². The van der Waals surface area contributed by atoms with E-state index in [1.165, 1.54) is 0 Å². The standard InChI is InChI=1S/C20H26N4O8/c1-21-10-2-3-16(25)22-13-6-4-12(5-7-13)11-15(19(30)31)24-20(32)23-14(18(28)29)8-9-17(26)27/h4-7,14-15H,1-3,8-11H2,(H,22,25)(H,26,27)(H,28,29)(H,30,31)(H2,23,24,32)/t14-,15-/m0/s1. The number of carbonyl (C=O) groups is 5. The first-order chi connectivity index (χ1) is 15.1. The quantitative estimate of drug-likeness (QED) is 0.176. The Balaban J connectivity index is 2.66. The number of carboxylic acid groups (broad SMARTS) is 3. The van der Waals surface area contributed by atoms with Crippen LogP contribution in [-0.4, -0.2) is 70.5 Å². The molecule has 1 rings (SSSR count). The molecule has 0 aliphatic carbocycles. The zero-order chi connectivity index (χ0) is 24.1. The molecule has 0 bridgehead atoms. The molecule has 0 saturated carbocycles. The van der Waals surface area contributed by atoms with Crippen molar-refractivity contribution in [1.29, 1.82) is 0 Å². The number of carbonyl (C=O) groups excluding carboxylic acids is 2. The molecular formula is C20H26N4O8. The van der Waals surface area contributed by atoms with Gasteiger partial charge < -0.3 is 36.3 Å². The van der Waals surface area contributed by atoms with E-state index in [9.17, 15) is 29.1 Å². The summed E-state index contributed by atoms with van der Waals surface area (Å²) in [5, 5.41) is 34.0. The van der Waals surface area contributed by atoms with Crippen LogP contribution in [0.3, 0.4) is 0 Å². The molecule has 0 saturated heterocycles. The van der Waals surface area contributed by atoms with Gasteiger partial charge in [0.05, 0.1) is 0 Å². The van der Waals surface area contributed by atoms with Crippen LogP contribution in [0, 0.1) is 0 Å². The van der Waals surface area contributed by atoms with E-state index in [0.29, 0.717) is 24.2 Å². The maximum absolute atomic E-state index is 12.0. The number of hydrogen-bond donors (Lipinski definition) is 6. The highest BCUT2D eigenvalue weighted by atomic mass is 16.4. The van der Waals surface area contributed by atoms with Crippen molar-refractivity contribution in [1.82, 2.24) is 10.6 Å². The first kappa shape index (κ1) is 26.1. The molecule has 0 aliphatic rings. The molecule has 0 aromatic heterocycles.